The molecule has 0 aliphatic carbocycles. The van der Waals surface area contributed by atoms with E-state index in [1.165, 1.54) is 5.56 Å². The van der Waals surface area contributed by atoms with E-state index in [0.717, 1.165) is 23.0 Å². The van der Waals surface area contributed by atoms with Crippen LogP contribution in [-0.2, 0) is 0 Å². The van der Waals surface area contributed by atoms with Crippen molar-refractivity contribution in [2.24, 2.45) is 0 Å². The number of rotatable bonds is 1. The molecule has 0 radical (unpaired) electrons. The third-order valence-electron chi connectivity index (χ3n) is 1.65. The van der Waals surface area contributed by atoms with Crippen LogP contribution < -0.4 is 5.73 Å². The highest BCUT2D eigenvalue weighted by Gasteiger charge is 1.93. The number of nitrogens with two attached hydrogens (primary N) is 1. The number of aryl methyl sites for hydroxylation is 1. The number of hydrogen-bond donors (Lipinski definition) is 1. The molecule has 1 aromatic rings. The van der Waals surface area contributed by atoms with E-state index in [1.807, 2.05) is 25.1 Å². The van der Waals surface area contributed by atoms with Gasteiger partial charge in [0.05, 0.1) is 0 Å². The molecule has 0 amide bonds. The zero-order chi connectivity index (χ0) is 9.68. The molecule has 0 aliphatic rings. The Bertz CT molecular complexity index is 347. The highest BCUT2D eigenvalue weighted by atomic mass is 79.9. The van der Waals surface area contributed by atoms with Gasteiger partial charge in [0.25, 0.3) is 0 Å². The second kappa shape index (κ2) is 4.94. The summed E-state index contributed by atoms with van der Waals surface area (Å²) in [6.07, 6.45) is 0.854. The largest absolute Gasteiger partial charge is 0.398 e. The molecule has 1 aromatic carbocycles. The Morgan fingerprint density at radius 1 is 1.46 bits per heavy atom. The summed E-state index contributed by atoms with van der Waals surface area (Å²) in [4.78, 5) is 0. The van der Waals surface area contributed by atoms with Crippen LogP contribution in [0.15, 0.2) is 18.2 Å². The normalized spacial score (nSPS) is 9.08. The van der Waals surface area contributed by atoms with Gasteiger partial charge in [0.1, 0.15) is 0 Å². The summed E-state index contributed by atoms with van der Waals surface area (Å²) in [6.45, 7) is 2.02. The lowest BCUT2D eigenvalue weighted by Gasteiger charge is -1.98. The highest BCUT2D eigenvalue weighted by Crippen LogP contribution is 2.12. The van der Waals surface area contributed by atoms with Gasteiger partial charge in [-0.15, -0.1) is 0 Å². The summed E-state index contributed by atoms with van der Waals surface area (Å²) in [6, 6.07) is 5.93. The van der Waals surface area contributed by atoms with Gasteiger partial charge in [0, 0.05) is 23.0 Å². The van der Waals surface area contributed by atoms with E-state index in [-0.39, 0.29) is 0 Å². The zero-order valence-electron chi connectivity index (χ0n) is 7.60. The van der Waals surface area contributed by atoms with Crippen molar-refractivity contribution in [1.82, 2.24) is 0 Å². The van der Waals surface area contributed by atoms with Crippen molar-refractivity contribution in [2.45, 2.75) is 13.3 Å². The number of halogens is 1. The predicted molar refractivity (Wildman–Crippen MR) is 60.9 cm³/mol. The lowest BCUT2D eigenvalue weighted by molar-refractivity contribution is 1.32. The van der Waals surface area contributed by atoms with Gasteiger partial charge >= 0.3 is 0 Å². The molecule has 0 spiro atoms. The lowest BCUT2D eigenvalue weighted by atomic mass is 10.1. The van der Waals surface area contributed by atoms with Crippen LogP contribution in [0.5, 0.6) is 0 Å². The maximum atomic E-state index is 5.79. The van der Waals surface area contributed by atoms with Crippen LogP contribution in [0.4, 0.5) is 5.69 Å². The molecular weight excluding hydrogens is 226 g/mol. The van der Waals surface area contributed by atoms with Crippen molar-refractivity contribution in [3.8, 4) is 11.8 Å². The first-order valence-electron chi connectivity index (χ1n) is 4.15. The van der Waals surface area contributed by atoms with Gasteiger partial charge in [-0.2, -0.15) is 0 Å². The third kappa shape index (κ3) is 3.12. The minimum atomic E-state index is 0.766. The van der Waals surface area contributed by atoms with Crippen LogP contribution in [0.3, 0.4) is 0 Å². The van der Waals surface area contributed by atoms with Crippen LogP contribution in [0, 0.1) is 18.8 Å². The lowest BCUT2D eigenvalue weighted by Crippen LogP contribution is -1.90. The topological polar surface area (TPSA) is 26.0 Å². The van der Waals surface area contributed by atoms with Crippen molar-refractivity contribution in [1.29, 1.82) is 0 Å². The molecule has 0 saturated heterocycles. The molecule has 1 rings (SSSR count). The number of anilines is 1. The Balaban J connectivity index is 2.85. The average Bonchev–Trinajstić information content (AvgIpc) is 2.09. The van der Waals surface area contributed by atoms with Crippen LogP contribution in [-0.4, -0.2) is 5.33 Å². The molecule has 0 bridgehead atoms. The van der Waals surface area contributed by atoms with Gasteiger partial charge in [-0.3, -0.25) is 0 Å². The summed E-state index contributed by atoms with van der Waals surface area (Å²) in [5, 5.41) is 0.908. The molecule has 13 heavy (non-hydrogen) atoms. The molecule has 0 atom stereocenters. The summed E-state index contributed by atoms with van der Waals surface area (Å²) >= 11 is 3.32. The Hall–Kier alpha value is -0.940. The molecule has 1 nitrogen and oxygen atoms in total. The van der Waals surface area contributed by atoms with E-state index in [0.29, 0.717) is 0 Å². The van der Waals surface area contributed by atoms with Gasteiger partial charge in [-0.05, 0) is 24.6 Å². The van der Waals surface area contributed by atoms with Gasteiger partial charge in [0.15, 0.2) is 0 Å². The van der Waals surface area contributed by atoms with Gasteiger partial charge < -0.3 is 5.73 Å². The van der Waals surface area contributed by atoms with Crippen LogP contribution >= 0.6 is 15.9 Å². The molecule has 0 unspecified atom stereocenters. The fourth-order valence-electron chi connectivity index (χ4n) is 1.00. The number of hydrogen-bond acceptors (Lipinski definition) is 1. The van der Waals surface area contributed by atoms with Crippen molar-refractivity contribution in [3.63, 3.8) is 0 Å². The molecule has 0 fully saturated rings. The van der Waals surface area contributed by atoms with E-state index >= 15 is 0 Å². The SMILES string of the molecule is Cc1ccc(C#CCCBr)c(N)c1. The molecule has 2 heteroatoms. The average molecular weight is 238 g/mol. The predicted octanol–water partition coefficient (Wildman–Crippen LogP) is 2.71. The Morgan fingerprint density at radius 2 is 2.23 bits per heavy atom. The Kier molecular flexibility index (Phi) is 3.85. The first-order valence-corrected chi connectivity index (χ1v) is 5.27. The van der Waals surface area contributed by atoms with Gasteiger partial charge in [-0.25, -0.2) is 0 Å². The van der Waals surface area contributed by atoms with E-state index in [9.17, 15) is 0 Å². The minimum Gasteiger partial charge on any atom is -0.398 e. The molecule has 68 valence electrons. The van der Waals surface area contributed by atoms with Gasteiger partial charge in [0.2, 0.25) is 0 Å². The molecule has 0 saturated carbocycles. The van der Waals surface area contributed by atoms with Crippen molar-refractivity contribution in [2.75, 3.05) is 11.1 Å². The van der Waals surface area contributed by atoms with Crippen molar-refractivity contribution < 1.29 is 0 Å². The maximum absolute atomic E-state index is 5.79. The van der Waals surface area contributed by atoms with E-state index in [2.05, 4.69) is 27.8 Å². The summed E-state index contributed by atoms with van der Waals surface area (Å²) in [5.74, 6) is 6.07. The summed E-state index contributed by atoms with van der Waals surface area (Å²) < 4.78 is 0. The summed E-state index contributed by atoms with van der Waals surface area (Å²) in [7, 11) is 0. The number of nitrogen functional groups attached to an aromatic ring is 1. The zero-order valence-corrected chi connectivity index (χ0v) is 9.19. The maximum Gasteiger partial charge on any atom is 0.0475 e. The Morgan fingerprint density at radius 3 is 2.85 bits per heavy atom. The van der Waals surface area contributed by atoms with E-state index < -0.39 is 0 Å². The molecular formula is C11H12BrN. The first-order chi connectivity index (χ1) is 6.24. The fourth-order valence-corrected chi connectivity index (χ4v) is 1.20. The van der Waals surface area contributed by atoms with Crippen molar-refractivity contribution in [3.05, 3.63) is 29.3 Å². The van der Waals surface area contributed by atoms with E-state index in [4.69, 9.17) is 5.73 Å². The second-order valence-electron chi connectivity index (χ2n) is 2.83. The fraction of sp³-hybridized carbons (Fsp3) is 0.273. The van der Waals surface area contributed by atoms with Crippen LogP contribution in [0.25, 0.3) is 0 Å². The second-order valence-corrected chi connectivity index (χ2v) is 3.62. The van der Waals surface area contributed by atoms with E-state index in [1.54, 1.807) is 0 Å². The molecule has 0 aliphatic heterocycles. The summed E-state index contributed by atoms with van der Waals surface area (Å²) in [5.41, 5.74) is 8.65. The minimum absolute atomic E-state index is 0.766. The number of benzene rings is 1. The number of alkyl halides is 1. The molecule has 0 heterocycles. The van der Waals surface area contributed by atoms with Crippen LogP contribution in [0.2, 0.25) is 0 Å². The highest BCUT2D eigenvalue weighted by molar-refractivity contribution is 9.09. The monoisotopic (exact) mass is 237 g/mol. The quantitative estimate of drug-likeness (QED) is 0.454. The third-order valence-corrected chi connectivity index (χ3v) is 2.05. The van der Waals surface area contributed by atoms with Crippen molar-refractivity contribution >= 4 is 21.6 Å². The first kappa shape index (κ1) is 10.1. The van der Waals surface area contributed by atoms with Crippen LogP contribution in [0.1, 0.15) is 17.5 Å². The van der Waals surface area contributed by atoms with Gasteiger partial charge in [-0.1, -0.05) is 33.8 Å². The Labute approximate surface area is 87.5 Å². The molecule has 0 aromatic heterocycles. The smallest absolute Gasteiger partial charge is 0.0475 e. The molecule has 2 N–H and O–H groups in total. The standard InChI is InChI=1S/C11H12BrN/c1-9-5-6-10(11(13)8-9)4-2-3-7-12/h5-6,8H,3,7,13H2,1H3.